The third-order valence-electron chi connectivity index (χ3n) is 3.75. The van der Waals surface area contributed by atoms with Crippen LogP contribution in [0.25, 0.3) is 0 Å². The first kappa shape index (κ1) is 18.3. The standard InChI is InChI=1S/C16H21NO6S/c1-22-14-5-3-2-4-12(14)6-7-16(19)23-10-15(18)17-13-8-9-24(20,21)11-13/h2-5,13H,6-11H2,1H3,(H,17,18). The Morgan fingerprint density at radius 3 is 2.71 bits per heavy atom. The van der Waals surface area contributed by atoms with Crippen molar-refractivity contribution in [2.45, 2.75) is 25.3 Å². The smallest absolute Gasteiger partial charge is 0.306 e. The normalized spacial score (nSPS) is 18.8. The molecule has 1 aliphatic rings. The molecule has 1 saturated heterocycles. The highest BCUT2D eigenvalue weighted by Gasteiger charge is 2.29. The first-order valence-electron chi connectivity index (χ1n) is 7.67. The summed E-state index contributed by atoms with van der Waals surface area (Å²) >= 11 is 0. The van der Waals surface area contributed by atoms with Crippen molar-refractivity contribution < 1.29 is 27.5 Å². The lowest BCUT2D eigenvalue weighted by molar-refractivity contribution is -0.148. The van der Waals surface area contributed by atoms with Crippen molar-refractivity contribution in [2.75, 3.05) is 25.2 Å². The van der Waals surface area contributed by atoms with Crippen LogP contribution in [0.1, 0.15) is 18.4 Å². The quantitative estimate of drug-likeness (QED) is 0.714. The number of carbonyl (C=O) groups excluding carboxylic acids is 2. The number of carbonyl (C=O) groups is 2. The van der Waals surface area contributed by atoms with Crippen LogP contribution in [0.3, 0.4) is 0 Å². The van der Waals surface area contributed by atoms with E-state index in [-0.39, 0.29) is 17.9 Å². The van der Waals surface area contributed by atoms with Gasteiger partial charge in [0.2, 0.25) is 0 Å². The van der Waals surface area contributed by atoms with E-state index < -0.39 is 34.4 Å². The summed E-state index contributed by atoms with van der Waals surface area (Å²) in [4.78, 5) is 23.4. The van der Waals surface area contributed by atoms with E-state index in [1.165, 1.54) is 0 Å². The van der Waals surface area contributed by atoms with E-state index in [1.807, 2.05) is 24.3 Å². The fourth-order valence-corrected chi connectivity index (χ4v) is 4.22. The monoisotopic (exact) mass is 355 g/mol. The molecule has 1 atom stereocenters. The van der Waals surface area contributed by atoms with Gasteiger partial charge in [-0.2, -0.15) is 0 Å². The average Bonchev–Trinajstić information content (AvgIpc) is 2.89. The van der Waals surface area contributed by atoms with Crippen LogP contribution in [-0.2, 0) is 30.6 Å². The van der Waals surface area contributed by atoms with E-state index in [0.29, 0.717) is 18.6 Å². The topological polar surface area (TPSA) is 98.8 Å². The highest BCUT2D eigenvalue weighted by atomic mass is 32.2. The first-order valence-corrected chi connectivity index (χ1v) is 9.49. The molecule has 0 spiro atoms. The van der Waals surface area contributed by atoms with E-state index in [9.17, 15) is 18.0 Å². The molecule has 1 aromatic rings. The van der Waals surface area contributed by atoms with Gasteiger partial charge in [-0.3, -0.25) is 9.59 Å². The van der Waals surface area contributed by atoms with Crippen LogP contribution in [0.2, 0.25) is 0 Å². The number of hydrogen-bond acceptors (Lipinski definition) is 6. The van der Waals surface area contributed by atoms with Crippen molar-refractivity contribution in [2.24, 2.45) is 0 Å². The molecule has 0 saturated carbocycles. The number of aryl methyl sites for hydroxylation is 1. The summed E-state index contributed by atoms with van der Waals surface area (Å²) in [6.45, 7) is -0.401. The van der Waals surface area contributed by atoms with Gasteiger partial charge in [0.1, 0.15) is 5.75 Å². The van der Waals surface area contributed by atoms with Crippen LogP contribution in [0.5, 0.6) is 5.75 Å². The highest BCUT2D eigenvalue weighted by molar-refractivity contribution is 7.91. The molecule has 0 radical (unpaired) electrons. The SMILES string of the molecule is COc1ccccc1CCC(=O)OCC(=O)NC1CCS(=O)(=O)C1. The molecule has 8 heteroatoms. The molecule has 7 nitrogen and oxygen atoms in total. The molecule has 0 bridgehead atoms. The van der Waals surface area contributed by atoms with Crippen LogP contribution in [0.4, 0.5) is 0 Å². The molecule has 24 heavy (non-hydrogen) atoms. The highest BCUT2D eigenvalue weighted by Crippen LogP contribution is 2.18. The summed E-state index contributed by atoms with van der Waals surface area (Å²) in [5, 5.41) is 2.57. The molecule has 0 aromatic heterocycles. The summed E-state index contributed by atoms with van der Waals surface area (Å²) in [6, 6.07) is 6.97. The van der Waals surface area contributed by atoms with Gasteiger partial charge < -0.3 is 14.8 Å². The first-order chi connectivity index (χ1) is 11.4. The van der Waals surface area contributed by atoms with Crippen LogP contribution in [0, 0.1) is 0 Å². The molecule has 2 rings (SSSR count). The summed E-state index contributed by atoms with van der Waals surface area (Å²) < 4.78 is 32.7. The van der Waals surface area contributed by atoms with E-state index in [4.69, 9.17) is 9.47 Å². The second kappa shape index (κ2) is 8.14. The maximum Gasteiger partial charge on any atom is 0.306 e. The molecule has 132 valence electrons. The molecule has 1 fully saturated rings. The Labute approximate surface area is 141 Å². The molecule has 0 aliphatic carbocycles. The second-order valence-corrected chi connectivity index (χ2v) is 7.87. The van der Waals surface area contributed by atoms with Crippen molar-refractivity contribution in [1.29, 1.82) is 0 Å². The van der Waals surface area contributed by atoms with Gasteiger partial charge in [0.25, 0.3) is 5.91 Å². The van der Waals surface area contributed by atoms with Crippen molar-refractivity contribution in [3.63, 3.8) is 0 Å². The molecule has 1 aromatic carbocycles. The fourth-order valence-electron chi connectivity index (χ4n) is 2.54. The molecule has 1 amide bonds. The number of hydrogen-bond donors (Lipinski definition) is 1. The van der Waals surface area contributed by atoms with Gasteiger partial charge in [0.15, 0.2) is 16.4 Å². The summed E-state index contributed by atoms with van der Waals surface area (Å²) in [5.74, 6) is -0.250. The van der Waals surface area contributed by atoms with E-state index in [0.717, 1.165) is 5.56 Å². The van der Waals surface area contributed by atoms with Gasteiger partial charge >= 0.3 is 5.97 Å². The van der Waals surface area contributed by atoms with Crippen molar-refractivity contribution in [3.8, 4) is 5.75 Å². The Morgan fingerprint density at radius 2 is 2.04 bits per heavy atom. The van der Waals surface area contributed by atoms with E-state index in [1.54, 1.807) is 7.11 Å². The van der Waals surface area contributed by atoms with Crippen molar-refractivity contribution >= 4 is 21.7 Å². The number of benzene rings is 1. The number of para-hydroxylation sites is 1. The zero-order chi connectivity index (χ0) is 17.6. The fraction of sp³-hybridized carbons (Fsp3) is 0.500. The lowest BCUT2D eigenvalue weighted by Gasteiger charge is -2.11. The predicted molar refractivity (Wildman–Crippen MR) is 87.5 cm³/mol. The zero-order valence-electron chi connectivity index (χ0n) is 13.5. The van der Waals surface area contributed by atoms with Crippen LogP contribution >= 0.6 is 0 Å². The number of rotatable bonds is 7. The van der Waals surface area contributed by atoms with Gasteiger partial charge in [-0.25, -0.2) is 8.42 Å². The molecule has 1 N–H and O–H groups in total. The van der Waals surface area contributed by atoms with Gasteiger partial charge in [-0.05, 0) is 24.5 Å². The Bertz CT molecular complexity index is 700. The van der Waals surface area contributed by atoms with E-state index in [2.05, 4.69) is 5.32 Å². The zero-order valence-corrected chi connectivity index (χ0v) is 14.3. The minimum absolute atomic E-state index is 0.0551. The maximum absolute atomic E-state index is 11.7. The number of methoxy groups -OCH3 is 1. The maximum atomic E-state index is 11.7. The molecule has 1 aliphatic heterocycles. The lowest BCUT2D eigenvalue weighted by atomic mass is 10.1. The number of sulfone groups is 1. The molecule has 1 unspecified atom stereocenters. The van der Waals surface area contributed by atoms with Gasteiger partial charge in [0.05, 0.1) is 18.6 Å². The Morgan fingerprint density at radius 1 is 1.29 bits per heavy atom. The lowest BCUT2D eigenvalue weighted by Crippen LogP contribution is -2.38. The molecule has 1 heterocycles. The second-order valence-electron chi connectivity index (χ2n) is 5.64. The van der Waals surface area contributed by atoms with Gasteiger partial charge in [-0.15, -0.1) is 0 Å². The largest absolute Gasteiger partial charge is 0.496 e. The third-order valence-corrected chi connectivity index (χ3v) is 5.52. The minimum atomic E-state index is -3.05. The third kappa shape index (κ3) is 5.52. The van der Waals surface area contributed by atoms with Crippen LogP contribution < -0.4 is 10.1 Å². The van der Waals surface area contributed by atoms with Gasteiger partial charge in [-0.1, -0.05) is 18.2 Å². The Kier molecular flexibility index (Phi) is 6.19. The molecular formula is C16H21NO6S. The predicted octanol–water partition coefficient (Wildman–Crippen LogP) is 0.474. The summed E-state index contributed by atoms with van der Waals surface area (Å²) in [7, 11) is -1.49. The Balaban J connectivity index is 1.70. The average molecular weight is 355 g/mol. The van der Waals surface area contributed by atoms with E-state index >= 15 is 0 Å². The van der Waals surface area contributed by atoms with Crippen molar-refractivity contribution in [1.82, 2.24) is 5.32 Å². The van der Waals surface area contributed by atoms with Crippen LogP contribution in [-0.4, -0.2) is 51.6 Å². The molecular weight excluding hydrogens is 334 g/mol. The number of ether oxygens (including phenoxy) is 2. The van der Waals surface area contributed by atoms with Gasteiger partial charge in [0, 0.05) is 12.5 Å². The minimum Gasteiger partial charge on any atom is -0.496 e. The Hall–Kier alpha value is -2.09. The number of amides is 1. The number of esters is 1. The van der Waals surface area contributed by atoms with Crippen molar-refractivity contribution in [3.05, 3.63) is 29.8 Å². The summed E-state index contributed by atoms with van der Waals surface area (Å²) in [5.41, 5.74) is 0.887. The summed E-state index contributed by atoms with van der Waals surface area (Å²) in [6.07, 6.45) is 0.979. The number of nitrogens with one attached hydrogen (secondary N) is 1. The van der Waals surface area contributed by atoms with Crippen LogP contribution in [0.15, 0.2) is 24.3 Å².